The zero-order chi connectivity index (χ0) is 93.1. The second kappa shape index (κ2) is 45.5. The number of H-pyrrole nitrogens is 1. The number of carbonyl (C=O) groups excluding carboxylic acids is 6. The fourth-order valence-corrected chi connectivity index (χ4v) is 21.3. The number of Topliss-reactive ketones (excluding diaryl/α,β-unsaturated/α-hetero) is 2. The van der Waals surface area contributed by atoms with Crippen molar-refractivity contribution in [2.75, 3.05) is 103 Å². The molecule has 6 saturated carbocycles. The van der Waals surface area contributed by atoms with Crippen molar-refractivity contribution in [2.45, 2.75) is 282 Å². The van der Waals surface area contributed by atoms with Gasteiger partial charge in [-0.1, -0.05) is 85.0 Å². The van der Waals surface area contributed by atoms with Gasteiger partial charge >= 0.3 is 75.3 Å². The second-order valence-electron chi connectivity index (χ2n) is 41.0. The molecule has 33 heteroatoms. The van der Waals surface area contributed by atoms with Crippen LogP contribution in [-0.4, -0.2) is 258 Å². The summed E-state index contributed by atoms with van der Waals surface area (Å²) in [4.78, 5) is 136. The first-order chi connectivity index (χ1) is 63.4. The number of amides is 2. The third kappa shape index (κ3) is 27.3. The first kappa shape index (κ1) is 101. The average molecular weight is 1870 g/mol. The van der Waals surface area contributed by atoms with Gasteiger partial charge in [0.25, 0.3) is 0 Å². The number of aromatic nitrogens is 6. The molecule has 6 aliphatic carbocycles. The maximum atomic E-state index is 14.8. The predicted octanol–water partition coefficient (Wildman–Crippen LogP) is 8.93. The summed E-state index contributed by atoms with van der Waals surface area (Å²) in [7, 11) is 0. The van der Waals surface area contributed by atoms with E-state index in [0.29, 0.717) is 102 Å². The normalized spacial score (nSPS) is 29.0. The Morgan fingerprint density at radius 3 is 1.50 bits per heavy atom. The standard InChI is InChI=1S/C48H64N6O9.C27H39NO7.C21H27N5O3.C4H9O.K/c1-30(2)49-43-12-13-54(51-43)44-26-42(38-11-10-35(24-39(38)50-44)61-19-16-52-14-17-60-18-15-52)62-37-25-40-41(55)28-48(47(58)59)27-34(48)9-7-5-3-4-6-8-31(46(57)53(40)29-37)23-45(56)63-36-21-32-20-33(32)22-36;29-20-12-22-23(30)14-27(26(33)34)13-19(27)7-5-3-1-2-4-6-16(25(32)28(22)15-20)11-24(31)35-21-9-17-8-18(17)10-21;1-15(2)22-20-5-6-26(24-20)21-14-19(27)17-4-3-16(13-18(17)23-21)29-12-9-25-7-10-28-11-8-25;1-4(2,3)5;/h10-13,24,26,30-34,36-37,40H,3-9,14-23,25,27-29H2,1-2H3,(H,49,51)(H,58,59);16-22,29H,1-15H2,(H,33,34);3-6,13-15H,7-12H2,1-2H3,(H,22,24)(H,23,27);1-3H3;/q;;;-1;+1/t31-,32-,33+,34-,36?,37-,40+,48-;16-,17-,18+,19-,20-,21?,22+,27-;;;/m11.../s1. The summed E-state index contributed by atoms with van der Waals surface area (Å²) < 4.78 is 44.9. The fraction of sp³-hybridized carbons (Fsp3) is 0.680. The van der Waals surface area contributed by atoms with Crippen LogP contribution in [0.25, 0.3) is 33.4 Å². The van der Waals surface area contributed by atoms with E-state index in [4.69, 9.17) is 43.2 Å². The number of esters is 2. The van der Waals surface area contributed by atoms with E-state index >= 15 is 0 Å². The Kier molecular flexibility index (Phi) is 34.6. The number of morpholine rings is 2. The molecule has 0 spiro atoms. The molecule has 12 fully saturated rings. The molecule has 0 radical (unpaired) electrons. The third-order valence-electron chi connectivity index (χ3n) is 28.8. The van der Waals surface area contributed by atoms with Crippen LogP contribution in [0.3, 0.4) is 0 Å². The zero-order valence-electron chi connectivity index (χ0n) is 79.2. The van der Waals surface area contributed by atoms with E-state index < -0.39 is 64.5 Å². The van der Waals surface area contributed by atoms with Crippen LogP contribution >= 0.6 is 0 Å². The molecule has 2 aromatic carbocycles. The molecule has 4 aromatic heterocycles. The zero-order valence-corrected chi connectivity index (χ0v) is 82.3. The molecule has 6 saturated heterocycles. The van der Waals surface area contributed by atoms with Crippen molar-refractivity contribution in [3.05, 3.63) is 83.3 Å². The van der Waals surface area contributed by atoms with Gasteiger partial charge in [0.05, 0.1) is 85.9 Å². The van der Waals surface area contributed by atoms with Gasteiger partial charge in [-0.2, -0.15) is 0 Å². The number of hydrogen-bond donors (Lipinski definition) is 6. The van der Waals surface area contributed by atoms with Crippen LogP contribution in [0, 0.1) is 58.2 Å². The molecule has 6 aromatic rings. The molecule has 720 valence electrons. The Hall–Kier alpha value is -7.96. The second-order valence-corrected chi connectivity index (χ2v) is 41.0. The number of carboxylic acids is 2. The number of anilines is 2. The van der Waals surface area contributed by atoms with Crippen LogP contribution in [0.15, 0.2) is 77.9 Å². The van der Waals surface area contributed by atoms with E-state index in [1.54, 1.807) is 47.2 Å². The minimum Gasteiger partial charge on any atom is -0.850 e. The number of ketones is 2. The van der Waals surface area contributed by atoms with Crippen LogP contribution in [0.5, 0.6) is 17.2 Å². The van der Waals surface area contributed by atoms with E-state index in [2.05, 4.69) is 44.4 Å². The Morgan fingerprint density at radius 1 is 0.556 bits per heavy atom. The summed E-state index contributed by atoms with van der Waals surface area (Å²) in [6.45, 7) is 22.6. The van der Waals surface area contributed by atoms with Gasteiger partial charge in [0, 0.05) is 155 Å². The monoisotopic (exact) mass is 1870 g/mol. The van der Waals surface area contributed by atoms with Crippen molar-refractivity contribution in [3.8, 4) is 28.9 Å². The van der Waals surface area contributed by atoms with Crippen molar-refractivity contribution in [2.24, 2.45) is 58.2 Å². The van der Waals surface area contributed by atoms with Crippen molar-refractivity contribution in [1.82, 2.24) is 49.1 Å². The van der Waals surface area contributed by atoms with Gasteiger partial charge in [-0.05, 0) is 165 Å². The number of nitrogens with one attached hydrogen (secondary N) is 3. The number of hydrogen-bond acceptors (Lipinski definition) is 25. The van der Waals surface area contributed by atoms with Crippen molar-refractivity contribution >= 4 is 80.7 Å². The number of benzene rings is 2. The van der Waals surface area contributed by atoms with E-state index in [-0.39, 0.29) is 180 Å². The summed E-state index contributed by atoms with van der Waals surface area (Å²) in [6, 6.07) is 17.1. The first-order valence-corrected chi connectivity index (χ1v) is 49.1. The number of aromatic amines is 1. The van der Waals surface area contributed by atoms with Crippen LogP contribution in [0.1, 0.15) is 228 Å². The van der Waals surface area contributed by atoms with E-state index in [0.717, 1.165) is 191 Å². The fourth-order valence-electron chi connectivity index (χ4n) is 21.3. The molecule has 6 aliphatic heterocycles. The van der Waals surface area contributed by atoms with Gasteiger partial charge in [0.15, 0.2) is 22.8 Å². The minimum absolute atomic E-state index is 0. The maximum Gasteiger partial charge on any atom is 1.00 e. The van der Waals surface area contributed by atoms with E-state index in [9.17, 15) is 63.6 Å². The van der Waals surface area contributed by atoms with E-state index in [1.165, 1.54) is 17.7 Å². The molecular weight excluding hydrogens is 1730 g/mol. The Bertz CT molecular complexity index is 5050. The topological polar surface area (TPSA) is 403 Å². The van der Waals surface area contributed by atoms with Crippen molar-refractivity contribution < 1.29 is 143 Å². The van der Waals surface area contributed by atoms with Gasteiger partial charge in [0.2, 0.25) is 11.8 Å². The van der Waals surface area contributed by atoms with Gasteiger partial charge < -0.3 is 79.0 Å². The number of aliphatic carboxylic acids is 2. The molecule has 12 aliphatic rings. The molecule has 10 heterocycles. The molecule has 16 atom stereocenters. The number of aliphatic hydroxyl groups is 1. The molecule has 133 heavy (non-hydrogen) atoms. The van der Waals surface area contributed by atoms with Gasteiger partial charge in [-0.3, -0.25) is 53.0 Å². The number of pyridine rings is 2. The molecule has 18 rings (SSSR count). The van der Waals surface area contributed by atoms with Crippen LogP contribution in [-0.2, 0) is 57.3 Å². The maximum absolute atomic E-state index is 14.8. The SMILES string of the molecule is CC(C)(C)[O-].CC(C)Nc1ccn(-c2cc(=O)c3ccc(OCCN4CCOCC4)cc3[nH]2)n1.CC(C)Nc1ccn(-c2cc(O[C@@H]3C[C@H]4C(=O)C[C@]5(C(=O)O)C[C@H]5CCCCCCC[C@H](CC(=O)OC5C[C@@H]6C[C@@H]6C5)C(=O)N4C3)c3ccc(OCCN4CCOCC4)cc3n2)n1.O=C(C[C@H]1CCCCCCC[C@@H]2C[C@@]2(C(=O)O)CC(=O)[C@@H]2C[C@@H](O)CN2C1=O)OC1C[C@@H]2C[C@@H]2C1.[K+]. The molecule has 2 unspecified atom stereocenters. The molecule has 6 N–H and O–H groups in total. The smallest absolute Gasteiger partial charge is 0.850 e. The number of carboxylic acid groups (broad SMARTS) is 2. The summed E-state index contributed by atoms with van der Waals surface area (Å²) >= 11 is 0. The predicted molar refractivity (Wildman–Crippen MR) is 492 cm³/mol. The van der Waals surface area contributed by atoms with Gasteiger partial charge in [0.1, 0.15) is 66.2 Å². The largest absolute Gasteiger partial charge is 1.00 e. The molecule has 0 bridgehead atoms. The van der Waals surface area contributed by atoms with Crippen LogP contribution in [0.4, 0.5) is 11.6 Å². The first-order valence-electron chi connectivity index (χ1n) is 49.1. The molecule has 2 amide bonds. The summed E-state index contributed by atoms with van der Waals surface area (Å²) in [5.74, 6) is 2.28. The average Bonchev–Trinajstić information content (AvgIpc) is 1.58. The summed E-state index contributed by atoms with van der Waals surface area (Å²) in [6.07, 6.45) is 21.2. The van der Waals surface area contributed by atoms with Crippen LogP contribution < -0.4 is 86.8 Å². The quantitative estimate of drug-likeness (QED) is 0.0243. The number of nitrogens with zero attached hydrogens (tertiary/aromatic N) is 9. The summed E-state index contributed by atoms with van der Waals surface area (Å²) in [5.41, 5.74) is -1.58. The van der Waals surface area contributed by atoms with Gasteiger partial charge in [-0.15, -0.1) is 15.8 Å². The molecular formula is C100H139KN12O20. The van der Waals surface area contributed by atoms with E-state index in [1.807, 2.05) is 74.8 Å². The number of aliphatic hydroxyl groups excluding tert-OH is 1. The Balaban J connectivity index is 0.000000170. The number of carbonyl (C=O) groups is 8. The van der Waals surface area contributed by atoms with Crippen molar-refractivity contribution in [3.63, 3.8) is 0 Å². The van der Waals surface area contributed by atoms with Crippen molar-refractivity contribution in [1.29, 1.82) is 0 Å². The minimum atomic E-state index is -1.11. The number of ether oxygens (including phenoxy) is 7. The number of rotatable bonds is 24. The number of fused-ring (bicyclic) bond motifs is 8. The van der Waals surface area contributed by atoms with Crippen LogP contribution in [0.2, 0.25) is 0 Å². The summed E-state index contributed by atoms with van der Waals surface area (Å²) in [5, 5.41) is 58.0. The van der Waals surface area contributed by atoms with Gasteiger partial charge in [-0.25, -0.2) is 14.3 Å². The third-order valence-corrected chi connectivity index (χ3v) is 28.8. The Morgan fingerprint density at radius 2 is 1.01 bits per heavy atom. The Labute approximate surface area is 822 Å². The molecule has 32 nitrogen and oxygen atoms in total.